The summed E-state index contributed by atoms with van der Waals surface area (Å²) in [5, 5.41) is 1.14. The third-order valence-electron chi connectivity index (χ3n) is 3.71. The van der Waals surface area contributed by atoms with Crippen molar-refractivity contribution in [3.8, 4) is 0 Å². The Bertz CT molecular complexity index is 427. The summed E-state index contributed by atoms with van der Waals surface area (Å²) in [6.45, 7) is 8.32. The van der Waals surface area contributed by atoms with Gasteiger partial charge in [0.1, 0.15) is 0 Å². The highest BCUT2D eigenvalue weighted by atomic mass is 32.1. The zero-order chi connectivity index (χ0) is 12.6. The molecule has 0 bridgehead atoms. The number of nitrogen functional groups attached to an aromatic ring is 1. The highest BCUT2D eigenvalue weighted by molar-refractivity contribution is 7.18. The molecule has 3 nitrogen and oxygen atoms in total. The average Bonchev–Trinajstić information content (AvgIpc) is 2.64. The van der Waals surface area contributed by atoms with Gasteiger partial charge in [-0.25, -0.2) is 0 Å². The fraction of sp³-hybridized carbons (Fsp3) is 0.615. The van der Waals surface area contributed by atoms with E-state index >= 15 is 0 Å². The molecule has 1 aromatic heterocycles. The maximum atomic E-state index is 11.4. The highest BCUT2D eigenvalue weighted by Gasteiger charge is 2.24. The third kappa shape index (κ3) is 2.46. The van der Waals surface area contributed by atoms with Gasteiger partial charge in [0.2, 0.25) is 0 Å². The molecule has 0 aliphatic carbocycles. The summed E-state index contributed by atoms with van der Waals surface area (Å²) in [5.41, 5.74) is 6.50. The minimum absolute atomic E-state index is 0.0668. The predicted octanol–water partition coefficient (Wildman–Crippen LogP) is 3.02. The van der Waals surface area contributed by atoms with Crippen molar-refractivity contribution in [3.05, 3.63) is 10.9 Å². The Labute approximate surface area is 107 Å². The largest absolute Gasteiger partial charge is 0.397 e. The van der Waals surface area contributed by atoms with Crippen molar-refractivity contribution in [2.24, 2.45) is 11.8 Å². The van der Waals surface area contributed by atoms with Gasteiger partial charge in [-0.05, 0) is 24.3 Å². The SMILES string of the molecule is CC(=O)c1sc(N2CCC(C)C(C)C2)cc1N. The van der Waals surface area contributed by atoms with Crippen LogP contribution >= 0.6 is 11.3 Å². The van der Waals surface area contributed by atoms with Crippen LogP contribution in [-0.4, -0.2) is 18.9 Å². The molecule has 1 aromatic rings. The van der Waals surface area contributed by atoms with E-state index in [1.165, 1.54) is 17.8 Å². The van der Waals surface area contributed by atoms with E-state index in [1.807, 2.05) is 6.07 Å². The van der Waals surface area contributed by atoms with E-state index in [9.17, 15) is 4.79 Å². The number of carbonyl (C=O) groups is 1. The average molecular weight is 252 g/mol. The summed E-state index contributed by atoms with van der Waals surface area (Å²) in [7, 11) is 0. The van der Waals surface area contributed by atoms with E-state index in [1.54, 1.807) is 6.92 Å². The molecular formula is C13H20N2OS. The first-order chi connectivity index (χ1) is 7.99. The first-order valence-electron chi connectivity index (χ1n) is 6.14. The molecule has 0 amide bonds. The summed E-state index contributed by atoms with van der Waals surface area (Å²) in [4.78, 5) is 14.5. The van der Waals surface area contributed by atoms with E-state index in [4.69, 9.17) is 5.73 Å². The molecule has 2 rings (SSSR count). The number of carbonyl (C=O) groups excluding carboxylic acids is 1. The number of nitrogens with two attached hydrogens (primary N) is 1. The number of nitrogens with zero attached hydrogens (tertiary/aromatic N) is 1. The summed E-state index contributed by atoms with van der Waals surface area (Å²) in [6, 6.07) is 1.95. The van der Waals surface area contributed by atoms with Crippen LogP contribution in [0.25, 0.3) is 0 Å². The van der Waals surface area contributed by atoms with Crippen molar-refractivity contribution in [2.45, 2.75) is 27.2 Å². The van der Waals surface area contributed by atoms with E-state index in [0.717, 1.165) is 24.0 Å². The van der Waals surface area contributed by atoms with E-state index in [2.05, 4.69) is 18.7 Å². The van der Waals surface area contributed by atoms with Crippen molar-refractivity contribution < 1.29 is 4.79 Å². The van der Waals surface area contributed by atoms with Crippen LogP contribution in [0.3, 0.4) is 0 Å². The maximum absolute atomic E-state index is 11.4. The maximum Gasteiger partial charge on any atom is 0.171 e. The summed E-state index contributed by atoms with van der Waals surface area (Å²) < 4.78 is 0. The molecule has 2 unspecified atom stereocenters. The van der Waals surface area contributed by atoms with Crippen LogP contribution in [0, 0.1) is 11.8 Å². The zero-order valence-corrected chi connectivity index (χ0v) is 11.5. The van der Waals surface area contributed by atoms with E-state index in [0.29, 0.717) is 16.5 Å². The van der Waals surface area contributed by atoms with Crippen molar-refractivity contribution in [1.82, 2.24) is 0 Å². The third-order valence-corrected chi connectivity index (χ3v) is 5.03. The van der Waals surface area contributed by atoms with Crippen LogP contribution in [0.1, 0.15) is 36.9 Å². The highest BCUT2D eigenvalue weighted by Crippen LogP contribution is 2.35. The monoisotopic (exact) mass is 252 g/mol. The fourth-order valence-electron chi connectivity index (χ4n) is 2.29. The molecule has 0 spiro atoms. The Morgan fingerprint density at radius 3 is 2.71 bits per heavy atom. The molecule has 1 aliphatic rings. The lowest BCUT2D eigenvalue weighted by atomic mass is 9.89. The van der Waals surface area contributed by atoms with Gasteiger partial charge in [-0.15, -0.1) is 11.3 Å². The molecule has 0 aromatic carbocycles. The number of ketones is 1. The van der Waals surface area contributed by atoms with Crippen LogP contribution in [-0.2, 0) is 0 Å². The first-order valence-corrected chi connectivity index (χ1v) is 6.96. The minimum atomic E-state index is 0.0668. The second kappa shape index (κ2) is 4.69. The van der Waals surface area contributed by atoms with Crippen molar-refractivity contribution in [3.63, 3.8) is 0 Å². The molecule has 0 radical (unpaired) electrons. The Kier molecular flexibility index (Phi) is 3.43. The normalized spacial score (nSPS) is 25.0. The summed E-state index contributed by atoms with van der Waals surface area (Å²) in [6.07, 6.45) is 1.22. The van der Waals surface area contributed by atoms with E-state index < -0.39 is 0 Å². The van der Waals surface area contributed by atoms with Gasteiger partial charge in [-0.2, -0.15) is 0 Å². The second-order valence-corrected chi connectivity index (χ2v) is 6.15. The van der Waals surface area contributed by atoms with Crippen LogP contribution in [0.5, 0.6) is 0 Å². The number of rotatable bonds is 2. The number of hydrogen-bond acceptors (Lipinski definition) is 4. The number of Topliss-reactive ketones (excluding diaryl/α,β-unsaturated/α-hetero) is 1. The minimum Gasteiger partial charge on any atom is -0.397 e. The predicted molar refractivity (Wildman–Crippen MR) is 73.9 cm³/mol. The standard InChI is InChI=1S/C13H20N2OS/c1-8-4-5-15(7-9(8)2)12-6-11(14)13(17-12)10(3)16/h6,8-9H,4-5,7,14H2,1-3H3. The van der Waals surface area contributed by atoms with Crippen LogP contribution in [0.4, 0.5) is 10.7 Å². The Balaban J connectivity index is 2.18. The summed E-state index contributed by atoms with van der Waals surface area (Å²) >= 11 is 1.53. The molecule has 2 heterocycles. The molecule has 4 heteroatoms. The molecule has 0 saturated carbocycles. The first kappa shape index (κ1) is 12.4. The van der Waals surface area contributed by atoms with Gasteiger partial charge in [0.05, 0.1) is 15.6 Å². The van der Waals surface area contributed by atoms with Gasteiger partial charge in [-0.1, -0.05) is 13.8 Å². The topological polar surface area (TPSA) is 46.3 Å². The number of anilines is 2. The lowest BCUT2D eigenvalue weighted by Crippen LogP contribution is -2.37. The number of thiophene rings is 1. The number of piperidine rings is 1. The fourth-order valence-corrected chi connectivity index (χ4v) is 3.30. The molecule has 94 valence electrons. The molecule has 1 aliphatic heterocycles. The Morgan fingerprint density at radius 2 is 2.18 bits per heavy atom. The Morgan fingerprint density at radius 1 is 1.47 bits per heavy atom. The lowest BCUT2D eigenvalue weighted by Gasteiger charge is -2.35. The summed E-state index contributed by atoms with van der Waals surface area (Å²) in [5.74, 6) is 1.56. The van der Waals surface area contributed by atoms with Gasteiger partial charge >= 0.3 is 0 Å². The molecule has 2 N–H and O–H groups in total. The Hall–Kier alpha value is -1.03. The van der Waals surface area contributed by atoms with Gasteiger partial charge < -0.3 is 10.6 Å². The zero-order valence-electron chi connectivity index (χ0n) is 10.7. The van der Waals surface area contributed by atoms with Crippen LogP contribution in [0.2, 0.25) is 0 Å². The van der Waals surface area contributed by atoms with E-state index in [-0.39, 0.29) is 5.78 Å². The lowest BCUT2D eigenvalue weighted by molar-refractivity contribution is 0.102. The van der Waals surface area contributed by atoms with Crippen molar-refractivity contribution in [2.75, 3.05) is 23.7 Å². The molecule has 17 heavy (non-hydrogen) atoms. The smallest absolute Gasteiger partial charge is 0.171 e. The molecule has 1 saturated heterocycles. The van der Waals surface area contributed by atoms with Crippen molar-refractivity contribution >= 4 is 27.8 Å². The van der Waals surface area contributed by atoms with Gasteiger partial charge in [0.15, 0.2) is 5.78 Å². The van der Waals surface area contributed by atoms with Crippen LogP contribution in [0.15, 0.2) is 6.07 Å². The van der Waals surface area contributed by atoms with Crippen molar-refractivity contribution in [1.29, 1.82) is 0 Å². The molecule has 2 atom stereocenters. The number of hydrogen-bond donors (Lipinski definition) is 1. The second-order valence-electron chi connectivity index (χ2n) is 5.11. The van der Waals surface area contributed by atoms with Crippen LogP contribution < -0.4 is 10.6 Å². The van der Waals surface area contributed by atoms with Gasteiger partial charge in [0, 0.05) is 20.0 Å². The van der Waals surface area contributed by atoms with Gasteiger partial charge in [-0.3, -0.25) is 4.79 Å². The molecular weight excluding hydrogens is 232 g/mol. The molecule has 1 fully saturated rings. The van der Waals surface area contributed by atoms with Gasteiger partial charge in [0.25, 0.3) is 0 Å². The quantitative estimate of drug-likeness (QED) is 0.823.